The SMILES string of the molecule is CNC1c2ccccc2CN2C(=O)CCC12. The van der Waals surface area contributed by atoms with Crippen LogP contribution in [-0.4, -0.2) is 23.9 Å². The molecule has 0 radical (unpaired) electrons. The van der Waals surface area contributed by atoms with E-state index < -0.39 is 0 Å². The fraction of sp³-hybridized carbons (Fsp3) is 0.462. The van der Waals surface area contributed by atoms with Gasteiger partial charge in [-0.15, -0.1) is 0 Å². The van der Waals surface area contributed by atoms with Crippen molar-refractivity contribution < 1.29 is 4.79 Å². The Balaban J connectivity index is 2.06. The maximum atomic E-state index is 11.8. The maximum absolute atomic E-state index is 11.8. The first-order chi connectivity index (χ1) is 7.81. The van der Waals surface area contributed by atoms with E-state index in [1.165, 1.54) is 11.1 Å². The van der Waals surface area contributed by atoms with Gasteiger partial charge in [0.1, 0.15) is 0 Å². The molecule has 3 heteroatoms. The molecule has 1 amide bonds. The van der Waals surface area contributed by atoms with E-state index in [-0.39, 0.29) is 0 Å². The summed E-state index contributed by atoms with van der Waals surface area (Å²) >= 11 is 0. The van der Waals surface area contributed by atoms with E-state index >= 15 is 0 Å². The summed E-state index contributed by atoms with van der Waals surface area (Å²) in [6.07, 6.45) is 1.69. The second-order valence-corrected chi connectivity index (χ2v) is 4.59. The van der Waals surface area contributed by atoms with E-state index in [1.54, 1.807) is 0 Å². The third kappa shape index (κ3) is 1.28. The van der Waals surface area contributed by atoms with Crippen molar-refractivity contribution in [1.82, 2.24) is 10.2 Å². The van der Waals surface area contributed by atoms with Crippen LogP contribution in [0.1, 0.15) is 30.0 Å². The van der Waals surface area contributed by atoms with Gasteiger partial charge in [0.15, 0.2) is 0 Å². The average Bonchev–Trinajstić information content (AvgIpc) is 2.68. The number of nitrogens with zero attached hydrogens (tertiary/aromatic N) is 1. The van der Waals surface area contributed by atoms with Crippen LogP contribution in [0.15, 0.2) is 24.3 Å². The summed E-state index contributed by atoms with van der Waals surface area (Å²) in [6.45, 7) is 0.790. The van der Waals surface area contributed by atoms with E-state index in [2.05, 4.69) is 23.5 Å². The van der Waals surface area contributed by atoms with Crippen molar-refractivity contribution in [3.05, 3.63) is 35.4 Å². The van der Waals surface area contributed by atoms with E-state index in [9.17, 15) is 4.79 Å². The number of amides is 1. The number of likely N-dealkylation sites (N-methyl/N-ethyl adjacent to an activating group) is 1. The van der Waals surface area contributed by atoms with Crippen LogP contribution >= 0.6 is 0 Å². The van der Waals surface area contributed by atoms with Gasteiger partial charge < -0.3 is 10.2 Å². The molecule has 2 heterocycles. The normalized spacial score (nSPS) is 27.8. The summed E-state index contributed by atoms with van der Waals surface area (Å²) in [4.78, 5) is 13.8. The molecule has 1 fully saturated rings. The lowest BCUT2D eigenvalue weighted by Crippen LogP contribution is -2.45. The molecule has 1 N–H and O–H groups in total. The molecule has 2 aliphatic rings. The zero-order chi connectivity index (χ0) is 11.1. The van der Waals surface area contributed by atoms with Crippen LogP contribution in [-0.2, 0) is 11.3 Å². The standard InChI is InChI=1S/C13H16N2O/c1-14-13-10-5-3-2-4-9(10)8-15-11(13)6-7-12(15)16/h2-5,11,13-14H,6-8H2,1H3. The van der Waals surface area contributed by atoms with Gasteiger partial charge in [-0.2, -0.15) is 0 Å². The monoisotopic (exact) mass is 216 g/mol. The van der Waals surface area contributed by atoms with E-state index in [1.807, 2.05) is 18.0 Å². The molecule has 84 valence electrons. The molecule has 3 rings (SSSR count). The molecule has 16 heavy (non-hydrogen) atoms. The van der Waals surface area contributed by atoms with Gasteiger partial charge in [-0.25, -0.2) is 0 Å². The maximum Gasteiger partial charge on any atom is 0.223 e. The molecular formula is C13H16N2O. The Hall–Kier alpha value is -1.35. The average molecular weight is 216 g/mol. The first-order valence-corrected chi connectivity index (χ1v) is 5.86. The molecule has 0 bridgehead atoms. The second kappa shape index (κ2) is 3.59. The first-order valence-electron chi connectivity index (χ1n) is 5.86. The summed E-state index contributed by atoms with van der Waals surface area (Å²) in [7, 11) is 1.98. The van der Waals surface area contributed by atoms with Gasteiger partial charge in [0.05, 0.1) is 12.1 Å². The number of carbonyl (C=O) groups is 1. The molecule has 1 aromatic carbocycles. The topological polar surface area (TPSA) is 32.3 Å². The molecule has 0 saturated carbocycles. The van der Waals surface area contributed by atoms with Crippen molar-refractivity contribution in [2.45, 2.75) is 31.5 Å². The second-order valence-electron chi connectivity index (χ2n) is 4.59. The lowest BCUT2D eigenvalue weighted by Gasteiger charge is -2.38. The highest BCUT2D eigenvalue weighted by Crippen LogP contribution is 2.37. The highest BCUT2D eigenvalue weighted by atomic mass is 16.2. The molecule has 2 unspecified atom stereocenters. The highest BCUT2D eigenvalue weighted by molar-refractivity contribution is 5.79. The molecular weight excluding hydrogens is 200 g/mol. The van der Waals surface area contributed by atoms with E-state index in [0.29, 0.717) is 24.4 Å². The molecule has 2 aliphatic heterocycles. The number of benzene rings is 1. The minimum absolute atomic E-state index is 0.302. The van der Waals surface area contributed by atoms with Crippen molar-refractivity contribution in [1.29, 1.82) is 0 Å². The van der Waals surface area contributed by atoms with Crippen molar-refractivity contribution in [3.63, 3.8) is 0 Å². The number of rotatable bonds is 1. The Morgan fingerprint density at radius 3 is 3.00 bits per heavy atom. The Morgan fingerprint density at radius 1 is 1.38 bits per heavy atom. The van der Waals surface area contributed by atoms with Crippen LogP contribution in [0.3, 0.4) is 0 Å². The van der Waals surface area contributed by atoms with Gasteiger partial charge in [0.25, 0.3) is 0 Å². The summed E-state index contributed by atoms with van der Waals surface area (Å²) in [5.41, 5.74) is 2.65. The van der Waals surface area contributed by atoms with Gasteiger partial charge in [-0.1, -0.05) is 24.3 Å². The summed E-state index contributed by atoms with van der Waals surface area (Å²) in [6, 6.07) is 9.09. The molecule has 3 nitrogen and oxygen atoms in total. The Labute approximate surface area is 95.4 Å². The summed E-state index contributed by atoms with van der Waals surface area (Å²) in [5.74, 6) is 0.305. The lowest BCUT2D eigenvalue weighted by molar-refractivity contribution is -0.130. The Kier molecular flexibility index (Phi) is 2.21. The zero-order valence-corrected chi connectivity index (χ0v) is 9.44. The van der Waals surface area contributed by atoms with E-state index in [0.717, 1.165) is 13.0 Å². The molecule has 1 saturated heterocycles. The van der Waals surface area contributed by atoms with Gasteiger partial charge in [-0.3, -0.25) is 4.79 Å². The minimum Gasteiger partial charge on any atom is -0.333 e. The van der Waals surface area contributed by atoms with Gasteiger partial charge in [-0.05, 0) is 24.6 Å². The predicted molar refractivity (Wildman–Crippen MR) is 61.8 cm³/mol. The van der Waals surface area contributed by atoms with Crippen LogP contribution < -0.4 is 5.32 Å². The first kappa shape index (κ1) is 9.85. The quantitative estimate of drug-likeness (QED) is 0.770. The van der Waals surface area contributed by atoms with Gasteiger partial charge in [0.2, 0.25) is 5.91 Å². The number of fused-ring (bicyclic) bond motifs is 2. The van der Waals surface area contributed by atoms with E-state index in [4.69, 9.17) is 0 Å². The van der Waals surface area contributed by atoms with Crippen LogP contribution in [0.25, 0.3) is 0 Å². The number of hydrogen-bond acceptors (Lipinski definition) is 2. The van der Waals surface area contributed by atoms with Crippen LogP contribution in [0.2, 0.25) is 0 Å². The smallest absolute Gasteiger partial charge is 0.223 e. The minimum atomic E-state index is 0.302. The predicted octanol–water partition coefficient (Wildman–Crippen LogP) is 1.45. The summed E-state index contributed by atoms with van der Waals surface area (Å²) in [5, 5.41) is 3.36. The van der Waals surface area contributed by atoms with Gasteiger partial charge >= 0.3 is 0 Å². The third-order valence-electron chi connectivity index (χ3n) is 3.80. The van der Waals surface area contributed by atoms with Crippen LogP contribution in [0.4, 0.5) is 0 Å². The number of nitrogens with one attached hydrogen (secondary N) is 1. The molecule has 1 aromatic rings. The molecule has 0 spiro atoms. The van der Waals surface area contributed by atoms with Crippen molar-refractivity contribution in [2.24, 2.45) is 0 Å². The summed E-state index contributed by atoms with van der Waals surface area (Å²) < 4.78 is 0. The van der Waals surface area contributed by atoms with Crippen LogP contribution in [0, 0.1) is 0 Å². The fourth-order valence-corrected chi connectivity index (χ4v) is 3.03. The zero-order valence-electron chi connectivity index (χ0n) is 9.44. The van der Waals surface area contributed by atoms with Crippen molar-refractivity contribution >= 4 is 5.91 Å². The highest BCUT2D eigenvalue weighted by Gasteiger charge is 2.40. The number of hydrogen-bond donors (Lipinski definition) is 1. The molecule has 0 aromatic heterocycles. The Bertz CT molecular complexity index is 430. The van der Waals surface area contributed by atoms with Crippen LogP contribution in [0.5, 0.6) is 0 Å². The Morgan fingerprint density at radius 2 is 2.19 bits per heavy atom. The van der Waals surface area contributed by atoms with Crippen molar-refractivity contribution in [2.75, 3.05) is 7.05 Å². The molecule has 0 aliphatic carbocycles. The fourth-order valence-electron chi connectivity index (χ4n) is 3.03. The van der Waals surface area contributed by atoms with Gasteiger partial charge in [0, 0.05) is 13.0 Å². The largest absolute Gasteiger partial charge is 0.333 e. The third-order valence-corrected chi connectivity index (χ3v) is 3.80. The molecule has 2 atom stereocenters. The van der Waals surface area contributed by atoms with Crippen molar-refractivity contribution in [3.8, 4) is 0 Å². The lowest BCUT2D eigenvalue weighted by atomic mass is 9.89. The number of carbonyl (C=O) groups excluding carboxylic acids is 1.